The zero-order valence-corrected chi connectivity index (χ0v) is 14.2. The standard InChI is InChI=1S/C19H23N3O2/c1-14-5-7-15(8-6-14)19-20-10-9-17(21-19)16-4-3-11-22(12-16)18(23)13-24-2/h5-10,16H,3-4,11-13H2,1-2H3/t16-/m0/s1. The van der Waals surface area contributed by atoms with Gasteiger partial charge in [0.2, 0.25) is 5.91 Å². The molecule has 1 saturated heterocycles. The molecule has 0 N–H and O–H groups in total. The van der Waals surface area contributed by atoms with Crippen molar-refractivity contribution >= 4 is 5.91 Å². The van der Waals surface area contributed by atoms with Crippen LogP contribution >= 0.6 is 0 Å². The molecule has 1 fully saturated rings. The second-order valence-electron chi connectivity index (χ2n) is 6.28. The lowest BCUT2D eigenvalue weighted by molar-refractivity contribution is -0.136. The molecule has 0 spiro atoms. The molecule has 24 heavy (non-hydrogen) atoms. The van der Waals surface area contributed by atoms with Crippen LogP contribution in [-0.4, -0.2) is 47.6 Å². The van der Waals surface area contributed by atoms with Crippen LogP contribution in [-0.2, 0) is 9.53 Å². The Kier molecular flexibility index (Phi) is 5.20. The Bertz CT molecular complexity index is 700. The van der Waals surface area contributed by atoms with E-state index in [4.69, 9.17) is 9.72 Å². The lowest BCUT2D eigenvalue weighted by atomic mass is 9.94. The van der Waals surface area contributed by atoms with Gasteiger partial charge in [0.25, 0.3) is 0 Å². The molecular weight excluding hydrogens is 302 g/mol. The summed E-state index contributed by atoms with van der Waals surface area (Å²) in [5.74, 6) is 1.05. The predicted octanol–water partition coefficient (Wildman–Crippen LogP) is 2.80. The highest BCUT2D eigenvalue weighted by molar-refractivity contribution is 5.77. The van der Waals surface area contributed by atoms with Gasteiger partial charge in [-0.05, 0) is 25.8 Å². The quantitative estimate of drug-likeness (QED) is 0.867. The average Bonchev–Trinajstić information content (AvgIpc) is 2.63. The first-order chi connectivity index (χ1) is 11.7. The van der Waals surface area contributed by atoms with Gasteiger partial charge in [0.15, 0.2) is 5.82 Å². The van der Waals surface area contributed by atoms with Crippen LogP contribution in [0.5, 0.6) is 0 Å². The van der Waals surface area contributed by atoms with Crippen LogP contribution in [0.15, 0.2) is 36.5 Å². The van der Waals surface area contributed by atoms with Crippen molar-refractivity contribution in [3.63, 3.8) is 0 Å². The minimum Gasteiger partial charge on any atom is -0.375 e. The zero-order chi connectivity index (χ0) is 16.9. The van der Waals surface area contributed by atoms with E-state index in [0.717, 1.165) is 36.5 Å². The number of piperidine rings is 1. The van der Waals surface area contributed by atoms with Gasteiger partial charge in [-0.2, -0.15) is 0 Å². The topological polar surface area (TPSA) is 55.3 Å². The molecule has 5 heteroatoms. The molecule has 1 amide bonds. The summed E-state index contributed by atoms with van der Waals surface area (Å²) < 4.78 is 4.97. The lowest BCUT2D eigenvalue weighted by Gasteiger charge is -2.32. The van der Waals surface area contributed by atoms with Crippen molar-refractivity contribution in [3.8, 4) is 11.4 Å². The normalized spacial score (nSPS) is 17.8. The van der Waals surface area contributed by atoms with Crippen LogP contribution < -0.4 is 0 Å². The number of methoxy groups -OCH3 is 1. The molecule has 2 aromatic rings. The first-order valence-electron chi connectivity index (χ1n) is 8.34. The first kappa shape index (κ1) is 16.6. The Hall–Kier alpha value is -2.27. The molecule has 0 bridgehead atoms. The van der Waals surface area contributed by atoms with E-state index in [1.807, 2.05) is 29.3 Å². The number of amides is 1. The summed E-state index contributed by atoms with van der Waals surface area (Å²) in [5.41, 5.74) is 3.25. The highest BCUT2D eigenvalue weighted by Crippen LogP contribution is 2.27. The fraction of sp³-hybridized carbons (Fsp3) is 0.421. The third-order valence-corrected chi connectivity index (χ3v) is 4.45. The van der Waals surface area contributed by atoms with Crippen molar-refractivity contribution in [1.29, 1.82) is 0 Å². The first-order valence-corrected chi connectivity index (χ1v) is 8.34. The summed E-state index contributed by atoms with van der Waals surface area (Å²) in [6, 6.07) is 10.2. The second-order valence-corrected chi connectivity index (χ2v) is 6.28. The van der Waals surface area contributed by atoms with E-state index in [2.05, 4.69) is 24.0 Å². The Morgan fingerprint density at radius 3 is 2.83 bits per heavy atom. The van der Waals surface area contributed by atoms with E-state index in [0.29, 0.717) is 6.54 Å². The minimum atomic E-state index is 0.0509. The van der Waals surface area contributed by atoms with Gasteiger partial charge in [0, 0.05) is 43.6 Å². The van der Waals surface area contributed by atoms with Crippen LogP contribution in [0.1, 0.15) is 30.0 Å². The van der Waals surface area contributed by atoms with E-state index in [-0.39, 0.29) is 18.4 Å². The lowest BCUT2D eigenvalue weighted by Crippen LogP contribution is -2.41. The molecule has 1 aliphatic rings. The van der Waals surface area contributed by atoms with E-state index < -0.39 is 0 Å². The number of hydrogen-bond donors (Lipinski definition) is 0. The predicted molar refractivity (Wildman–Crippen MR) is 92.6 cm³/mol. The summed E-state index contributed by atoms with van der Waals surface area (Å²) in [4.78, 5) is 23.1. The van der Waals surface area contributed by atoms with E-state index in [1.54, 1.807) is 7.11 Å². The Morgan fingerprint density at radius 2 is 2.08 bits per heavy atom. The zero-order valence-electron chi connectivity index (χ0n) is 14.2. The van der Waals surface area contributed by atoms with Crippen LogP contribution in [0.3, 0.4) is 0 Å². The molecule has 1 aromatic heterocycles. The number of benzene rings is 1. The fourth-order valence-corrected chi connectivity index (χ4v) is 3.10. The SMILES string of the molecule is COCC(=O)N1CCC[C@H](c2ccnc(-c3ccc(C)cc3)n2)C1. The number of aromatic nitrogens is 2. The maximum atomic E-state index is 12.1. The largest absolute Gasteiger partial charge is 0.375 e. The number of ether oxygens (including phenoxy) is 1. The number of aryl methyl sites for hydroxylation is 1. The maximum absolute atomic E-state index is 12.1. The van der Waals surface area contributed by atoms with Gasteiger partial charge < -0.3 is 9.64 Å². The number of hydrogen-bond acceptors (Lipinski definition) is 4. The summed E-state index contributed by atoms with van der Waals surface area (Å²) in [5, 5.41) is 0. The average molecular weight is 325 g/mol. The van der Waals surface area contributed by atoms with Crippen LogP contribution in [0.2, 0.25) is 0 Å². The van der Waals surface area contributed by atoms with Gasteiger partial charge in [-0.3, -0.25) is 4.79 Å². The molecule has 3 rings (SSSR count). The molecule has 0 radical (unpaired) electrons. The molecule has 126 valence electrons. The molecule has 1 aliphatic heterocycles. The summed E-state index contributed by atoms with van der Waals surface area (Å²) >= 11 is 0. The van der Waals surface area contributed by atoms with Gasteiger partial charge in [-0.25, -0.2) is 9.97 Å². The van der Waals surface area contributed by atoms with Crippen LogP contribution in [0, 0.1) is 6.92 Å². The Labute approximate surface area is 142 Å². The third-order valence-electron chi connectivity index (χ3n) is 4.45. The van der Waals surface area contributed by atoms with Gasteiger partial charge in [0.1, 0.15) is 6.61 Å². The number of carbonyl (C=O) groups is 1. The monoisotopic (exact) mass is 325 g/mol. The Balaban J connectivity index is 1.78. The van der Waals surface area contributed by atoms with E-state index in [1.165, 1.54) is 5.56 Å². The van der Waals surface area contributed by atoms with Crippen molar-refractivity contribution < 1.29 is 9.53 Å². The molecular formula is C19H23N3O2. The molecule has 0 saturated carbocycles. The van der Waals surface area contributed by atoms with Crippen LogP contribution in [0.4, 0.5) is 0 Å². The summed E-state index contributed by atoms with van der Waals surface area (Å²) in [6.07, 6.45) is 3.85. The Morgan fingerprint density at radius 1 is 1.29 bits per heavy atom. The molecule has 0 unspecified atom stereocenters. The molecule has 2 heterocycles. The third kappa shape index (κ3) is 3.79. The summed E-state index contributed by atoms with van der Waals surface area (Å²) in [7, 11) is 1.55. The molecule has 5 nitrogen and oxygen atoms in total. The van der Waals surface area contributed by atoms with Crippen molar-refractivity contribution in [1.82, 2.24) is 14.9 Å². The highest BCUT2D eigenvalue weighted by atomic mass is 16.5. The van der Waals surface area contributed by atoms with Crippen molar-refractivity contribution in [2.75, 3.05) is 26.8 Å². The van der Waals surface area contributed by atoms with Crippen molar-refractivity contribution in [2.45, 2.75) is 25.7 Å². The highest BCUT2D eigenvalue weighted by Gasteiger charge is 2.25. The van der Waals surface area contributed by atoms with Crippen molar-refractivity contribution in [2.24, 2.45) is 0 Å². The smallest absolute Gasteiger partial charge is 0.248 e. The number of nitrogens with zero attached hydrogens (tertiary/aromatic N) is 3. The molecule has 1 aromatic carbocycles. The van der Waals surface area contributed by atoms with E-state index >= 15 is 0 Å². The van der Waals surface area contributed by atoms with Gasteiger partial charge in [-0.1, -0.05) is 29.8 Å². The number of rotatable bonds is 4. The number of likely N-dealkylation sites (tertiary alicyclic amines) is 1. The molecule has 1 atom stereocenters. The van der Waals surface area contributed by atoms with Crippen LogP contribution in [0.25, 0.3) is 11.4 Å². The summed E-state index contributed by atoms with van der Waals surface area (Å²) in [6.45, 7) is 3.71. The van der Waals surface area contributed by atoms with Gasteiger partial charge in [0.05, 0.1) is 0 Å². The van der Waals surface area contributed by atoms with E-state index in [9.17, 15) is 4.79 Å². The van der Waals surface area contributed by atoms with Gasteiger partial charge in [-0.15, -0.1) is 0 Å². The fourth-order valence-electron chi connectivity index (χ4n) is 3.10. The number of carbonyl (C=O) groups excluding carboxylic acids is 1. The second kappa shape index (κ2) is 7.53. The minimum absolute atomic E-state index is 0.0509. The van der Waals surface area contributed by atoms with Crippen molar-refractivity contribution in [3.05, 3.63) is 47.8 Å². The molecule has 0 aliphatic carbocycles. The maximum Gasteiger partial charge on any atom is 0.248 e. The van der Waals surface area contributed by atoms with Gasteiger partial charge >= 0.3 is 0 Å².